The topological polar surface area (TPSA) is 98.0 Å². The maximum Gasteiger partial charge on any atom is 0.243 e. The van der Waals surface area contributed by atoms with Crippen molar-refractivity contribution in [2.45, 2.75) is 51.0 Å². The molecule has 0 aliphatic heterocycles. The highest BCUT2D eigenvalue weighted by molar-refractivity contribution is 7.89. The number of rotatable bonds is 7. The number of pyridine rings is 1. The van der Waals surface area contributed by atoms with Gasteiger partial charge < -0.3 is 0 Å². The molecule has 138 valence electrons. The van der Waals surface area contributed by atoms with Crippen LogP contribution in [0.15, 0.2) is 40.1 Å². The zero-order valence-electron chi connectivity index (χ0n) is 15.1. The van der Waals surface area contributed by atoms with Crippen molar-refractivity contribution in [3.63, 3.8) is 0 Å². The van der Waals surface area contributed by atoms with Crippen molar-refractivity contribution in [2.24, 2.45) is 0 Å². The number of aryl methyl sites for hydroxylation is 2. The smallest absolute Gasteiger partial charge is 0.243 e. The maximum absolute atomic E-state index is 13.2. The van der Waals surface area contributed by atoms with Gasteiger partial charge in [-0.05, 0) is 53.3 Å². The van der Waals surface area contributed by atoms with Crippen molar-refractivity contribution < 1.29 is 13.0 Å². The summed E-state index contributed by atoms with van der Waals surface area (Å²) in [5.74, 6) is 0. The van der Waals surface area contributed by atoms with Gasteiger partial charge >= 0.3 is 0 Å². The molecule has 0 bridgehead atoms. The van der Waals surface area contributed by atoms with Gasteiger partial charge in [0.1, 0.15) is 10.4 Å². The largest absolute Gasteiger partial charge is 0.264 e. The Balaban J connectivity index is 2.03. The summed E-state index contributed by atoms with van der Waals surface area (Å²) in [6.07, 6.45) is 5.92. The number of aromatic nitrogens is 3. The lowest BCUT2D eigenvalue weighted by Gasteiger charge is -2.19. The molecule has 0 radical (unpaired) electrons. The Labute approximate surface area is 152 Å². The van der Waals surface area contributed by atoms with Gasteiger partial charge in [-0.2, -0.15) is 0 Å². The first-order chi connectivity index (χ1) is 12.4. The van der Waals surface area contributed by atoms with E-state index in [-0.39, 0.29) is 16.5 Å². The molecule has 2 heterocycles. The summed E-state index contributed by atoms with van der Waals surface area (Å²) in [6.45, 7) is 5.67. The Morgan fingerprint density at radius 3 is 2.65 bits per heavy atom. The molecule has 0 saturated heterocycles. The van der Waals surface area contributed by atoms with E-state index in [1.807, 2.05) is 13.0 Å². The number of nitrogens with zero attached hydrogens (tertiary/aromatic N) is 3. The minimum Gasteiger partial charge on any atom is -0.264 e. The lowest BCUT2D eigenvalue weighted by atomic mass is 10.0. The fraction of sp³-hybridized carbons (Fsp3) is 0.389. The van der Waals surface area contributed by atoms with Gasteiger partial charge in [0.2, 0.25) is 10.0 Å². The zero-order valence-corrected chi connectivity index (χ0v) is 15.9. The Hall–Kier alpha value is -2.32. The van der Waals surface area contributed by atoms with Gasteiger partial charge in [0.05, 0.1) is 0 Å². The standard InChI is InChI=1S/C18H22N4O3S/c1-4-5-8-15(14-7-6-9-19-11-14)22-26(23,24)18-13(3)10-12(2)16-17(18)21-25-20-16/h6-7,9-11,15,22H,4-5,8H2,1-3H3. The lowest BCUT2D eigenvalue weighted by Crippen LogP contribution is -2.29. The number of hydrogen-bond donors (Lipinski definition) is 1. The highest BCUT2D eigenvalue weighted by Gasteiger charge is 2.27. The third kappa shape index (κ3) is 3.61. The molecule has 7 nitrogen and oxygen atoms in total. The Morgan fingerprint density at radius 2 is 1.96 bits per heavy atom. The van der Waals surface area contributed by atoms with Crippen LogP contribution in [0.4, 0.5) is 0 Å². The summed E-state index contributed by atoms with van der Waals surface area (Å²) in [6, 6.07) is 5.11. The Bertz CT molecular complexity index is 1000. The molecular weight excluding hydrogens is 352 g/mol. The third-order valence-corrected chi connectivity index (χ3v) is 6.02. The molecule has 0 spiro atoms. The van der Waals surface area contributed by atoms with E-state index < -0.39 is 10.0 Å². The first kappa shape index (κ1) is 18.5. The fourth-order valence-corrected chi connectivity index (χ4v) is 4.73. The monoisotopic (exact) mass is 374 g/mol. The molecule has 8 heteroatoms. The minimum absolute atomic E-state index is 0.115. The van der Waals surface area contributed by atoms with Gasteiger partial charge in [-0.25, -0.2) is 17.8 Å². The van der Waals surface area contributed by atoms with Gasteiger partial charge in [-0.15, -0.1) is 0 Å². The summed E-state index contributed by atoms with van der Waals surface area (Å²) in [5.41, 5.74) is 2.99. The van der Waals surface area contributed by atoms with Crippen LogP contribution in [0.3, 0.4) is 0 Å². The lowest BCUT2D eigenvalue weighted by molar-refractivity contribution is 0.315. The molecule has 26 heavy (non-hydrogen) atoms. The highest BCUT2D eigenvalue weighted by Crippen LogP contribution is 2.29. The first-order valence-electron chi connectivity index (χ1n) is 8.58. The van der Waals surface area contributed by atoms with E-state index in [0.717, 1.165) is 24.0 Å². The van der Waals surface area contributed by atoms with E-state index >= 15 is 0 Å². The average molecular weight is 374 g/mol. The Kier molecular flexibility index (Phi) is 5.33. The molecule has 0 aliphatic carbocycles. The SMILES string of the molecule is CCCCC(NS(=O)(=O)c1c(C)cc(C)c2nonc12)c1cccnc1. The zero-order chi connectivity index (χ0) is 18.7. The van der Waals surface area contributed by atoms with Crippen molar-refractivity contribution in [1.29, 1.82) is 0 Å². The molecule has 1 aromatic carbocycles. The molecule has 0 amide bonds. The van der Waals surface area contributed by atoms with Crippen LogP contribution in [-0.4, -0.2) is 23.7 Å². The molecule has 2 aromatic heterocycles. The summed E-state index contributed by atoms with van der Waals surface area (Å²) in [4.78, 5) is 4.23. The quantitative estimate of drug-likeness (QED) is 0.680. The molecule has 1 atom stereocenters. The van der Waals surface area contributed by atoms with Gasteiger partial charge in [0.25, 0.3) is 0 Å². The van der Waals surface area contributed by atoms with Crippen LogP contribution >= 0.6 is 0 Å². The van der Waals surface area contributed by atoms with Crippen molar-refractivity contribution in [2.75, 3.05) is 0 Å². The summed E-state index contributed by atoms with van der Waals surface area (Å²) < 4.78 is 34.0. The second-order valence-corrected chi connectivity index (χ2v) is 8.05. The van der Waals surface area contributed by atoms with E-state index in [9.17, 15) is 8.42 Å². The number of hydrogen-bond acceptors (Lipinski definition) is 6. The number of nitrogens with one attached hydrogen (secondary N) is 1. The average Bonchev–Trinajstić information content (AvgIpc) is 3.08. The van der Waals surface area contributed by atoms with Gasteiger partial charge in [0.15, 0.2) is 5.52 Å². The van der Waals surface area contributed by atoms with E-state index in [4.69, 9.17) is 4.63 Å². The summed E-state index contributed by atoms with van der Waals surface area (Å²) in [5, 5.41) is 7.66. The fourth-order valence-electron chi connectivity index (χ4n) is 3.11. The van der Waals surface area contributed by atoms with Gasteiger partial charge in [-0.3, -0.25) is 4.98 Å². The summed E-state index contributed by atoms with van der Waals surface area (Å²) in [7, 11) is -3.82. The normalized spacial score (nSPS) is 13.2. The third-order valence-electron chi connectivity index (χ3n) is 4.37. The molecular formula is C18H22N4O3S. The van der Waals surface area contributed by atoms with Crippen LogP contribution in [0.2, 0.25) is 0 Å². The summed E-state index contributed by atoms with van der Waals surface area (Å²) >= 11 is 0. The number of fused-ring (bicyclic) bond motifs is 1. The van der Waals surface area contributed by atoms with Crippen LogP contribution in [0.25, 0.3) is 11.0 Å². The molecule has 0 saturated carbocycles. The number of unbranched alkanes of at least 4 members (excludes halogenated alkanes) is 1. The molecule has 0 aliphatic rings. The van der Waals surface area contributed by atoms with Crippen molar-refractivity contribution in [3.05, 3.63) is 47.3 Å². The van der Waals surface area contributed by atoms with Crippen molar-refractivity contribution in [1.82, 2.24) is 20.0 Å². The molecule has 1 N–H and O–H groups in total. The van der Waals surface area contributed by atoms with Gasteiger partial charge in [0, 0.05) is 18.4 Å². The predicted octanol–water partition coefficient (Wildman–Crippen LogP) is 3.44. The minimum atomic E-state index is -3.82. The van der Waals surface area contributed by atoms with Crippen molar-refractivity contribution >= 4 is 21.1 Å². The van der Waals surface area contributed by atoms with Crippen LogP contribution in [0.1, 0.15) is 48.9 Å². The van der Waals surface area contributed by atoms with E-state index in [1.54, 1.807) is 31.5 Å². The number of sulfonamides is 1. The van der Waals surface area contributed by atoms with E-state index in [2.05, 4.69) is 26.9 Å². The second kappa shape index (κ2) is 7.51. The molecule has 0 fully saturated rings. The predicted molar refractivity (Wildman–Crippen MR) is 98.1 cm³/mol. The van der Waals surface area contributed by atoms with Crippen LogP contribution in [0.5, 0.6) is 0 Å². The van der Waals surface area contributed by atoms with Crippen LogP contribution in [-0.2, 0) is 10.0 Å². The Morgan fingerprint density at radius 1 is 1.19 bits per heavy atom. The second-order valence-electron chi connectivity index (χ2n) is 6.40. The maximum atomic E-state index is 13.2. The van der Waals surface area contributed by atoms with Crippen molar-refractivity contribution in [3.8, 4) is 0 Å². The van der Waals surface area contributed by atoms with Crippen LogP contribution < -0.4 is 4.72 Å². The molecule has 3 rings (SSSR count). The molecule has 1 unspecified atom stereocenters. The van der Waals surface area contributed by atoms with E-state index in [0.29, 0.717) is 17.5 Å². The van der Waals surface area contributed by atoms with Gasteiger partial charge in [-0.1, -0.05) is 31.9 Å². The molecule has 3 aromatic rings. The number of benzene rings is 1. The van der Waals surface area contributed by atoms with Crippen LogP contribution in [0, 0.1) is 13.8 Å². The highest BCUT2D eigenvalue weighted by atomic mass is 32.2. The first-order valence-corrected chi connectivity index (χ1v) is 10.1. The van der Waals surface area contributed by atoms with E-state index in [1.165, 1.54) is 0 Å².